The van der Waals surface area contributed by atoms with Gasteiger partial charge in [-0.3, -0.25) is 4.40 Å². The molecule has 0 unspecified atom stereocenters. The van der Waals surface area contributed by atoms with E-state index in [1.807, 2.05) is 6.92 Å². The maximum absolute atomic E-state index is 11.7. The topological polar surface area (TPSA) is 52.8 Å². The molecule has 0 aliphatic rings. The van der Waals surface area contributed by atoms with Crippen molar-refractivity contribution in [2.75, 3.05) is 13.2 Å². The van der Waals surface area contributed by atoms with Gasteiger partial charge >= 0.3 is 5.97 Å². The number of nitrogens with zero attached hydrogens (tertiary/aromatic N) is 2. The third-order valence-corrected chi connectivity index (χ3v) is 2.53. The van der Waals surface area contributed by atoms with E-state index in [0.29, 0.717) is 35.3 Å². The summed E-state index contributed by atoms with van der Waals surface area (Å²) in [5.41, 5.74) is 0.875. The first kappa shape index (κ1) is 12.7. The van der Waals surface area contributed by atoms with Crippen LogP contribution in [0.25, 0.3) is 5.65 Å². The van der Waals surface area contributed by atoms with Gasteiger partial charge in [-0.2, -0.15) is 0 Å². The summed E-state index contributed by atoms with van der Waals surface area (Å²) < 4.78 is 12.0. The third kappa shape index (κ3) is 2.26. The van der Waals surface area contributed by atoms with Crippen LogP contribution in [-0.4, -0.2) is 28.6 Å². The summed E-state index contributed by atoms with van der Waals surface area (Å²) in [4.78, 5) is 15.9. The first-order chi connectivity index (χ1) is 8.67. The molecule has 2 heterocycles. The van der Waals surface area contributed by atoms with Crippen molar-refractivity contribution >= 4 is 23.2 Å². The highest BCUT2D eigenvalue weighted by Crippen LogP contribution is 2.25. The molecule has 18 heavy (non-hydrogen) atoms. The number of fused-ring (bicyclic) bond motifs is 1. The summed E-state index contributed by atoms with van der Waals surface area (Å²) in [6.45, 7) is 4.43. The van der Waals surface area contributed by atoms with Gasteiger partial charge in [0.1, 0.15) is 0 Å². The highest BCUT2D eigenvalue weighted by Gasteiger charge is 2.16. The molecule has 2 aromatic heterocycles. The molecule has 2 aromatic rings. The Hall–Kier alpha value is -1.75. The number of imidazole rings is 1. The molecule has 0 bridgehead atoms. The molecule has 0 aliphatic heterocycles. The van der Waals surface area contributed by atoms with Gasteiger partial charge in [-0.25, -0.2) is 9.78 Å². The molecule has 0 fully saturated rings. The third-order valence-electron chi connectivity index (χ3n) is 2.32. The number of ether oxygens (including phenoxy) is 2. The Morgan fingerprint density at radius 1 is 1.44 bits per heavy atom. The summed E-state index contributed by atoms with van der Waals surface area (Å²) >= 11 is 5.99. The zero-order chi connectivity index (χ0) is 13.1. The van der Waals surface area contributed by atoms with Gasteiger partial charge in [-0.1, -0.05) is 11.6 Å². The summed E-state index contributed by atoms with van der Waals surface area (Å²) in [5, 5.41) is 0.467. The molecule has 5 nitrogen and oxygen atoms in total. The number of hydrogen-bond acceptors (Lipinski definition) is 4. The SMILES string of the molecule is CCOC(=O)c1cnc2c(OCC)cc(Cl)cn12. The first-order valence-corrected chi connectivity index (χ1v) is 6.01. The van der Waals surface area contributed by atoms with Crippen LogP contribution in [-0.2, 0) is 4.74 Å². The lowest BCUT2D eigenvalue weighted by molar-refractivity contribution is 0.0518. The highest BCUT2D eigenvalue weighted by atomic mass is 35.5. The van der Waals surface area contributed by atoms with Crippen molar-refractivity contribution in [1.82, 2.24) is 9.38 Å². The number of hydrogen-bond donors (Lipinski definition) is 0. The summed E-state index contributed by atoms with van der Waals surface area (Å²) in [6, 6.07) is 1.67. The van der Waals surface area contributed by atoms with Crippen LogP contribution < -0.4 is 4.74 Å². The van der Waals surface area contributed by atoms with Crippen molar-refractivity contribution < 1.29 is 14.3 Å². The van der Waals surface area contributed by atoms with Crippen LogP contribution in [0, 0.1) is 0 Å². The molecule has 0 N–H and O–H groups in total. The Morgan fingerprint density at radius 2 is 2.22 bits per heavy atom. The number of carbonyl (C=O) groups is 1. The van der Waals surface area contributed by atoms with Gasteiger partial charge in [0.25, 0.3) is 0 Å². The second-order valence-corrected chi connectivity index (χ2v) is 3.95. The normalized spacial score (nSPS) is 10.6. The Morgan fingerprint density at radius 3 is 2.89 bits per heavy atom. The lowest BCUT2D eigenvalue weighted by atomic mass is 10.4. The van der Waals surface area contributed by atoms with Crippen LogP contribution in [0.1, 0.15) is 24.3 Å². The van der Waals surface area contributed by atoms with Crippen LogP contribution in [0.5, 0.6) is 5.75 Å². The fourth-order valence-corrected chi connectivity index (χ4v) is 1.84. The average Bonchev–Trinajstić information content (AvgIpc) is 2.73. The van der Waals surface area contributed by atoms with Crippen LogP contribution in [0.15, 0.2) is 18.5 Å². The number of halogens is 1. The molecular weight excluding hydrogens is 256 g/mol. The fraction of sp³-hybridized carbons (Fsp3) is 0.333. The number of rotatable bonds is 4. The molecule has 0 saturated heterocycles. The van der Waals surface area contributed by atoms with Crippen molar-refractivity contribution in [2.45, 2.75) is 13.8 Å². The van der Waals surface area contributed by atoms with Crippen molar-refractivity contribution in [3.63, 3.8) is 0 Å². The van der Waals surface area contributed by atoms with Gasteiger partial charge in [0.15, 0.2) is 17.1 Å². The predicted octanol–water partition coefficient (Wildman–Crippen LogP) is 2.56. The summed E-state index contributed by atoms with van der Waals surface area (Å²) in [7, 11) is 0. The van der Waals surface area contributed by atoms with Crippen LogP contribution >= 0.6 is 11.6 Å². The van der Waals surface area contributed by atoms with E-state index in [9.17, 15) is 4.79 Å². The van der Waals surface area contributed by atoms with Crippen molar-refractivity contribution in [3.8, 4) is 5.75 Å². The summed E-state index contributed by atoms with van der Waals surface area (Å²) in [5.74, 6) is 0.107. The molecule has 0 amide bonds. The van der Waals surface area contributed by atoms with E-state index in [0.717, 1.165) is 0 Å². The molecule has 0 aromatic carbocycles. The standard InChI is InChI=1S/C12H13ClN2O3/c1-3-17-10-5-8(13)7-15-9(6-14-11(10)15)12(16)18-4-2/h5-7H,3-4H2,1-2H3. The lowest BCUT2D eigenvalue weighted by Crippen LogP contribution is -2.08. The van der Waals surface area contributed by atoms with Crippen LogP contribution in [0.2, 0.25) is 5.02 Å². The molecule has 6 heteroatoms. The largest absolute Gasteiger partial charge is 0.490 e. The Kier molecular flexibility index (Phi) is 3.72. The molecule has 0 radical (unpaired) electrons. The predicted molar refractivity (Wildman–Crippen MR) is 67.3 cm³/mol. The maximum Gasteiger partial charge on any atom is 0.356 e. The Balaban J connectivity index is 2.55. The van der Waals surface area contributed by atoms with Crippen molar-refractivity contribution in [3.05, 3.63) is 29.2 Å². The Labute approximate surface area is 109 Å². The minimum absolute atomic E-state index is 0.310. The highest BCUT2D eigenvalue weighted by molar-refractivity contribution is 6.30. The maximum atomic E-state index is 11.7. The zero-order valence-corrected chi connectivity index (χ0v) is 10.9. The molecular formula is C12H13ClN2O3. The zero-order valence-electron chi connectivity index (χ0n) is 10.1. The molecule has 0 atom stereocenters. The van der Waals surface area contributed by atoms with Gasteiger partial charge in [-0.05, 0) is 13.8 Å². The second-order valence-electron chi connectivity index (χ2n) is 3.51. The molecule has 0 aliphatic carbocycles. The van der Waals surface area contributed by atoms with E-state index in [4.69, 9.17) is 21.1 Å². The quantitative estimate of drug-likeness (QED) is 0.800. The average molecular weight is 269 g/mol. The van der Waals surface area contributed by atoms with Gasteiger partial charge in [0.2, 0.25) is 0 Å². The van der Waals surface area contributed by atoms with E-state index < -0.39 is 5.97 Å². The fourth-order valence-electron chi connectivity index (χ4n) is 1.64. The first-order valence-electron chi connectivity index (χ1n) is 5.63. The second kappa shape index (κ2) is 5.27. The van der Waals surface area contributed by atoms with E-state index in [1.165, 1.54) is 6.20 Å². The van der Waals surface area contributed by atoms with E-state index in [1.54, 1.807) is 23.6 Å². The van der Waals surface area contributed by atoms with Crippen molar-refractivity contribution in [2.24, 2.45) is 0 Å². The lowest BCUT2D eigenvalue weighted by Gasteiger charge is -2.07. The Bertz CT molecular complexity index is 580. The van der Waals surface area contributed by atoms with E-state index in [-0.39, 0.29) is 0 Å². The van der Waals surface area contributed by atoms with Gasteiger partial charge in [-0.15, -0.1) is 0 Å². The van der Waals surface area contributed by atoms with Gasteiger partial charge in [0, 0.05) is 12.3 Å². The molecule has 0 saturated carbocycles. The van der Waals surface area contributed by atoms with E-state index >= 15 is 0 Å². The number of carbonyl (C=O) groups excluding carboxylic acids is 1. The van der Waals surface area contributed by atoms with Gasteiger partial charge < -0.3 is 9.47 Å². The van der Waals surface area contributed by atoms with Crippen LogP contribution in [0.4, 0.5) is 0 Å². The molecule has 0 spiro atoms. The van der Waals surface area contributed by atoms with E-state index in [2.05, 4.69) is 4.98 Å². The smallest absolute Gasteiger partial charge is 0.356 e. The monoisotopic (exact) mass is 268 g/mol. The summed E-state index contributed by atoms with van der Waals surface area (Å²) in [6.07, 6.45) is 3.06. The van der Waals surface area contributed by atoms with Crippen LogP contribution in [0.3, 0.4) is 0 Å². The molecule has 96 valence electrons. The minimum Gasteiger partial charge on any atom is -0.490 e. The van der Waals surface area contributed by atoms with Crippen molar-refractivity contribution in [1.29, 1.82) is 0 Å². The van der Waals surface area contributed by atoms with Gasteiger partial charge in [0.05, 0.1) is 24.4 Å². The minimum atomic E-state index is -0.435. The number of pyridine rings is 1. The molecule has 2 rings (SSSR count). The number of aromatic nitrogens is 2. The number of esters is 1.